The predicted molar refractivity (Wildman–Crippen MR) is 190 cm³/mol. The molecule has 0 saturated carbocycles. The Morgan fingerprint density at radius 3 is 2.52 bits per heavy atom. The minimum Gasteiger partial charge on any atom is -0.492 e. The summed E-state index contributed by atoms with van der Waals surface area (Å²) in [5.74, 6) is 0.0575. The van der Waals surface area contributed by atoms with Crippen LogP contribution in [0, 0.1) is 5.41 Å². The predicted octanol–water partition coefficient (Wildman–Crippen LogP) is 7.24. The quantitative estimate of drug-likeness (QED) is 0.101. The van der Waals surface area contributed by atoms with Gasteiger partial charge in [0.1, 0.15) is 12.4 Å². The lowest BCUT2D eigenvalue weighted by Crippen LogP contribution is -2.42. The van der Waals surface area contributed by atoms with Gasteiger partial charge in [0.2, 0.25) is 11.9 Å². The second kappa shape index (κ2) is 18.0. The van der Waals surface area contributed by atoms with E-state index in [-0.39, 0.29) is 31.0 Å². The molecule has 0 radical (unpaired) electrons. The summed E-state index contributed by atoms with van der Waals surface area (Å²) in [5.41, 5.74) is 2.20. The molecule has 3 N–H and O–H groups in total. The van der Waals surface area contributed by atoms with Crippen molar-refractivity contribution in [2.24, 2.45) is 5.41 Å². The van der Waals surface area contributed by atoms with Gasteiger partial charge in [-0.15, -0.1) is 4.99 Å². The molecule has 276 valence electrons. The number of hydrogen-bond acceptors (Lipinski definition) is 11. The van der Waals surface area contributed by atoms with E-state index in [2.05, 4.69) is 30.9 Å². The van der Waals surface area contributed by atoms with E-state index in [1.54, 1.807) is 47.5 Å². The van der Waals surface area contributed by atoms with E-state index in [9.17, 15) is 18.0 Å². The van der Waals surface area contributed by atoms with Crippen molar-refractivity contribution in [2.45, 2.75) is 33.0 Å². The number of hydrogen-bond donors (Lipinski definition) is 3. The first kappa shape index (κ1) is 38.3. The molecule has 0 spiro atoms. The summed E-state index contributed by atoms with van der Waals surface area (Å²) in [7, 11) is 0. The first-order valence-corrected chi connectivity index (χ1v) is 16.8. The molecule has 16 heteroatoms. The highest BCUT2D eigenvalue weighted by molar-refractivity contribution is 6.32. The summed E-state index contributed by atoms with van der Waals surface area (Å²) in [5, 5.41) is 10.9. The molecule has 1 aromatic heterocycles. The summed E-state index contributed by atoms with van der Waals surface area (Å²) < 4.78 is 49.4. The Bertz CT molecular complexity index is 1800. The Balaban J connectivity index is 1.31. The lowest BCUT2D eigenvalue weighted by Gasteiger charge is -2.31. The van der Waals surface area contributed by atoms with Gasteiger partial charge in [-0.2, -0.15) is 33.2 Å². The number of hydroxylamine groups is 2. The van der Waals surface area contributed by atoms with E-state index in [1.165, 1.54) is 0 Å². The number of carbonyl (C=O) groups excluding carboxylic acids is 1. The number of carbonyl (C=O) groups is 1. The van der Waals surface area contributed by atoms with E-state index in [1.807, 2.05) is 56.3 Å². The van der Waals surface area contributed by atoms with Crippen LogP contribution in [-0.2, 0) is 16.4 Å². The van der Waals surface area contributed by atoms with Gasteiger partial charge < -0.3 is 25.4 Å². The van der Waals surface area contributed by atoms with Gasteiger partial charge in [0.15, 0.2) is 6.61 Å². The van der Waals surface area contributed by atoms with Gasteiger partial charge in [0.05, 0.1) is 11.6 Å². The molecule has 0 atom stereocenters. The number of nitrogens with zero attached hydrogens (tertiary/aromatic N) is 4. The molecule has 12 nitrogen and oxygen atoms in total. The molecule has 4 aliphatic heterocycles. The van der Waals surface area contributed by atoms with Gasteiger partial charge in [-0.25, -0.2) is 4.89 Å². The normalized spacial score (nSPS) is 16.0. The number of anilines is 3. The fourth-order valence-electron chi connectivity index (χ4n) is 4.90. The van der Waals surface area contributed by atoms with Crippen LogP contribution in [0.25, 0.3) is 6.08 Å². The van der Waals surface area contributed by atoms with Crippen LogP contribution in [0.2, 0.25) is 5.02 Å². The molecule has 52 heavy (non-hydrogen) atoms. The van der Waals surface area contributed by atoms with Crippen molar-refractivity contribution < 1.29 is 37.3 Å². The Morgan fingerprint density at radius 1 is 1.00 bits per heavy atom. The van der Waals surface area contributed by atoms with Crippen LogP contribution in [0.15, 0.2) is 78.9 Å². The highest BCUT2D eigenvalue weighted by Gasteiger charge is 2.29. The van der Waals surface area contributed by atoms with Crippen molar-refractivity contribution in [3.05, 3.63) is 101 Å². The number of rotatable bonds is 7. The minimum atomic E-state index is -4.60. The SMILES string of the molecule is CC1(C)CNC(=O)c2ccc(cc2)Nc2nc(nc(OCC(F)(F)F)n2)NCc2ccc(c(Cl)c2)OCCCN(OOC/C=C/c2ccccc2)C1. The first-order valence-electron chi connectivity index (χ1n) is 16.4. The molecule has 0 fully saturated rings. The smallest absolute Gasteiger partial charge is 0.422 e. The van der Waals surface area contributed by atoms with Crippen LogP contribution in [0.4, 0.5) is 30.8 Å². The maximum atomic E-state index is 13.1. The van der Waals surface area contributed by atoms with Crippen LogP contribution >= 0.6 is 11.6 Å². The first-order chi connectivity index (χ1) is 24.9. The molecule has 4 aromatic rings. The summed E-state index contributed by atoms with van der Waals surface area (Å²) in [6.45, 7) is 4.32. The lowest BCUT2D eigenvalue weighted by atomic mass is 9.93. The fraction of sp³-hybridized carbons (Fsp3) is 0.333. The second-order valence-electron chi connectivity index (χ2n) is 12.6. The second-order valence-corrected chi connectivity index (χ2v) is 13.0. The Kier molecular flexibility index (Phi) is 13.2. The number of aromatic nitrogens is 3. The van der Waals surface area contributed by atoms with Crippen LogP contribution < -0.4 is 25.4 Å². The maximum absolute atomic E-state index is 13.1. The molecule has 5 heterocycles. The van der Waals surface area contributed by atoms with Gasteiger partial charge in [-0.1, -0.05) is 74.0 Å². The van der Waals surface area contributed by atoms with Gasteiger partial charge in [0.25, 0.3) is 5.91 Å². The van der Waals surface area contributed by atoms with Crippen molar-refractivity contribution in [2.75, 3.05) is 50.1 Å². The molecule has 1 amide bonds. The molecule has 0 aliphatic carbocycles. The highest BCUT2D eigenvalue weighted by atomic mass is 35.5. The van der Waals surface area contributed by atoms with E-state index in [4.69, 9.17) is 31.0 Å². The number of ether oxygens (including phenoxy) is 2. The summed E-state index contributed by atoms with van der Waals surface area (Å²) in [6.07, 6.45) is -0.235. The third-order valence-corrected chi connectivity index (χ3v) is 7.70. The molecular weight excluding hydrogens is 703 g/mol. The van der Waals surface area contributed by atoms with Crippen molar-refractivity contribution in [1.29, 1.82) is 0 Å². The standard InChI is InChI=1S/C36H39ClF3N7O5/c1-35(2)22-42-31(48)27-12-14-28(15-13-27)43-33-44-32(45-34(46-33)50-24-36(38,39)40)41-21-26-11-16-30(29(37)20-26)49-18-7-17-47(23-35)52-51-19-6-10-25-8-4-3-5-9-25/h3-6,8-16,20H,7,17-19,21-24H2,1-2H3,(H,42,48)(H2,41,43,44,45,46)/b10-6+. The average Bonchev–Trinajstić information content (AvgIpc) is 3.11. The number of benzene rings is 3. The number of halogens is 4. The zero-order chi connectivity index (χ0) is 37.0. The lowest BCUT2D eigenvalue weighted by molar-refractivity contribution is -0.425. The molecule has 6 bridgehead atoms. The average molecular weight is 742 g/mol. The molecular formula is C36H39ClF3N7O5. The van der Waals surface area contributed by atoms with Crippen LogP contribution in [0.1, 0.15) is 41.8 Å². The van der Waals surface area contributed by atoms with E-state index in [0.717, 1.165) is 11.1 Å². The minimum absolute atomic E-state index is 0.0397. The monoisotopic (exact) mass is 741 g/mol. The topological polar surface area (TPSA) is 132 Å². The molecule has 4 aliphatic rings. The number of nitrogens with one attached hydrogen (secondary N) is 3. The van der Waals surface area contributed by atoms with Gasteiger partial charge in [-0.05, 0) is 59.4 Å². The van der Waals surface area contributed by atoms with Crippen molar-refractivity contribution in [3.63, 3.8) is 0 Å². The van der Waals surface area contributed by atoms with Gasteiger partial charge >= 0.3 is 12.2 Å². The number of alkyl halides is 3. The number of amides is 1. The Morgan fingerprint density at radius 2 is 1.77 bits per heavy atom. The summed E-state index contributed by atoms with van der Waals surface area (Å²) in [4.78, 5) is 36.6. The van der Waals surface area contributed by atoms with Crippen molar-refractivity contribution in [3.8, 4) is 11.8 Å². The Labute approximate surface area is 304 Å². The van der Waals surface area contributed by atoms with Crippen LogP contribution in [0.5, 0.6) is 11.8 Å². The van der Waals surface area contributed by atoms with E-state index < -0.39 is 24.2 Å². The van der Waals surface area contributed by atoms with E-state index >= 15 is 0 Å². The molecule has 3 aromatic carbocycles. The van der Waals surface area contributed by atoms with Crippen molar-refractivity contribution >= 4 is 41.2 Å². The van der Waals surface area contributed by atoms with Gasteiger partial charge in [0, 0.05) is 37.4 Å². The zero-order valence-electron chi connectivity index (χ0n) is 28.6. The molecule has 0 unspecified atom stereocenters. The molecule has 8 rings (SSSR count). The van der Waals surface area contributed by atoms with Crippen LogP contribution in [0.3, 0.4) is 0 Å². The van der Waals surface area contributed by atoms with Crippen LogP contribution in [-0.4, -0.2) is 71.6 Å². The summed E-state index contributed by atoms with van der Waals surface area (Å²) >= 11 is 6.53. The fourth-order valence-corrected chi connectivity index (χ4v) is 5.16. The van der Waals surface area contributed by atoms with E-state index in [0.29, 0.717) is 54.7 Å². The van der Waals surface area contributed by atoms with Crippen molar-refractivity contribution in [1.82, 2.24) is 25.3 Å². The molecule has 0 saturated heterocycles. The largest absolute Gasteiger partial charge is 0.492 e. The third kappa shape index (κ3) is 12.7. The summed E-state index contributed by atoms with van der Waals surface area (Å²) in [6, 6.07) is 21.0. The Hall–Kier alpha value is -4.96. The highest BCUT2D eigenvalue weighted by Crippen LogP contribution is 2.27. The zero-order valence-corrected chi connectivity index (χ0v) is 29.3. The maximum Gasteiger partial charge on any atom is 0.422 e. The third-order valence-electron chi connectivity index (χ3n) is 7.40. The van der Waals surface area contributed by atoms with Gasteiger partial charge in [-0.3, -0.25) is 4.79 Å².